The van der Waals surface area contributed by atoms with E-state index in [4.69, 9.17) is 44.3 Å². The molecular formula is C68H104ClN5O16PS+. The van der Waals surface area contributed by atoms with Gasteiger partial charge in [0.15, 0.2) is 5.72 Å². The van der Waals surface area contributed by atoms with Crippen LogP contribution in [0, 0.1) is 5.92 Å². The van der Waals surface area contributed by atoms with Gasteiger partial charge in [-0.2, -0.15) is 0 Å². The van der Waals surface area contributed by atoms with E-state index >= 15 is 0 Å². The maximum atomic E-state index is 14.4. The number of phosphoric acid groups is 1. The average Bonchev–Trinajstić information content (AvgIpc) is 1.59. The Bertz CT molecular complexity index is 2910. The summed E-state index contributed by atoms with van der Waals surface area (Å²) >= 11 is 8.07. The molecule has 10 atom stereocenters. The molecule has 4 heterocycles. The number of aryl methyl sites for hydroxylation is 1. The molecular weight excluding hydrogens is 1240 g/mol. The van der Waals surface area contributed by atoms with Crippen molar-refractivity contribution in [1.82, 2.24) is 10.2 Å². The first-order chi connectivity index (χ1) is 43.6. The van der Waals surface area contributed by atoms with Crippen LogP contribution in [0.1, 0.15) is 167 Å². The zero-order valence-corrected chi connectivity index (χ0v) is 58.7. The number of likely N-dealkylation sites (N-methyl/N-ethyl adjacent to an activating group) is 2. The lowest BCUT2D eigenvalue weighted by molar-refractivity contribution is -0.870. The molecule has 92 heavy (non-hydrogen) atoms. The number of thioether (sulfide) groups is 1. The molecule has 4 bridgehead atoms. The Labute approximate surface area is 555 Å². The number of imide groups is 1. The molecule has 2 aromatic carbocycles. The third-order valence-corrected chi connectivity index (χ3v) is 20.7. The van der Waals surface area contributed by atoms with E-state index in [1.807, 2.05) is 58.4 Å². The van der Waals surface area contributed by atoms with Gasteiger partial charge in [0, 0.05) is 52.1 Å². The summed E-state index contributed by atoms with van der Waals surface area (Å²) in [5.41, 5.74) is 0.516. The molecule has 0 radical (unpaired) electrons. The fraction of sp³-hybridized carbons (Fsp3) is 0.676. The van der Waals surface area contributed by atoms with Crippen molar-refractivity contribution >= 4 is 78.3 Å². The molecule has 0 aliphatic carbocycles. The number of nitrogens with one attached hydrogen (secondary N) is 1. The smallest absolute Gasteiger partial charge is 0.472 e. The quantitative estimate of drug-likeness (QED) is 0.0147. The maximum absolute atomic E-state index is 14.4. The minimum absolute atomic E-state index is 0.00299. The normalized spacial score (nSPS) is 25.7. The molecule has 3 saturated heterocycles. The number of carbonyl (C=O) groups is 6. The third-order valence-electron chi connectivity index (χ3n) is 18.1. The topological polar surface area (TPSA) is 250 Å². The number of unbranched alkanes of at least 4 members (excludes halogenated alkanes) is 15. The van der Waals surface area contributed by atoms with Gasteiger partial charge in [-0.25, -0.2) is 19.1 Å². The van der Waals surface area contributed by atoms with Crippen LogP contribution < -0.4 is 19.9 Å². The standard InChI is InChI=1S/C68H103ClN5O16PS/c1-47-29-28-31-57(85-11)68(81)46-55(88-66(80)70-68)48(2)63-67(4,90-63)58(45-60(76)72(6)53-42-51(41-47)43-54(84-10)62(53)69)89-65(79)49(3)71(5)59(75)36-40-92-56-44-61(77)73(64(56)78)52-34-32-50(33-35-52)30-26-24-22-20-18-16-14-12-13-15-17-19-21-23-25-27-38-86-91(82,83)87-39-37-74(7,8)9/h28-29,31-35,42-43,48-49,55-58,63,81H,12-27,30,36-41,44-46H2,1-11H3,(H-,70,80,82,83)/p+1/b31-28+,47-29+/t48-,49+,55+,56?,57-,58+,63+,67+,68+/m1/s1. The van der Waals surface area contributed by atoms with E-state index in [-0.39, 0.29) is 61.5 Å². The summed E-state index contributed by atoms with van der Waals surface area (Å²) in [7, 11) is 7.96. The summed E-state index contributed by atoms with van der Waals surface area (Å²) < 4.78 is 52.4. The number of nitrogens with zero attached hydrogens (tertiary/aromatic N) is 4. The van der Waals surface area contributed by atoms with Gasteiger partial charge in [0.1, 0.15) is 53.9 Å². The monoisotopic (exact) mass is 1340 g/mol. The summed E-state index contributed by atoms with van der Waals surface area (Å²) in [6, 6.07) is 10.0. The molecule has 0 aromatic heterocycles. The first-order valence-electron chi connectivity index (χ1n) is 32.9. The highest BCUT2D eigenvalue weighted by molar-refractivity contribution is 8.00. The highest BCUT2D eigenvalue weighted by Crippen LogP contribution is 2.50. The molecule has 3 fully saturated rings. The van der Waals surface area contributed by atoms with Crippen molar-refractivity contribution in [3.63, 3.8) is 0 Å². The molecule has 514 valence electrons. The zero-order chi connectivity index (χ0) is 67.4. The minimum Gasteiger partial charge on any atom is -0.495 e. The number of benzene rings is 2. The number of quaternary nitrogens is 1. The molecule has 24 heteroatoms. The van der Waals surface area contributed by atoms with E-state index in [0.29, 0.717) is 34.6 Å². The largest absolute Gasteiger partial charge is 0.495 e. The van der Waals surface area contributed by atoms with Crippen molar-refractivity contribution < 1.29 is 80.5 Å². The number of amides is 5. The number of hydrogen-bond acceptors (Lipinski definition) is 16. The molecule has 5 amide bonds. The summed E-state index contributed by atoms with van der Waals surface area (Å²) in [6.45, 7) is 7.96. The number of phosphoric ester groups is 1. The van der Waals surface area contributed by atoms with Crippen LogP contribution in [-0.2, 0) is 69.4 Å². The number of ether oxygens (including phenoxy) is 5. The lowest BCUT2D eigenvalue weighted by atomic mass is 9.83. The Morgan fingerprint density at radius 3 is 2.09 bits per heavy atom. The molecule has 0 spiro atoms. The molecule has 3 N–H and O–H groups in total. The van der Waals surface area contributed by atoms with E-state index in [1.54, 1.807) is 45.2 Å². The first kappa shape index (κ1) is 76.2. The molecule has 0 saturated carbocycles. The number of alkyl carbamates (subject to hydrolysis) is 1. The second kappa shape index (κ2) is 35.8. The van der Waals surface area contributed by atoms with Crippen LogP contribution in [0.15, 0.2) is 60.2 Å². The van der Waals surface area contributed by atoms with Crippen molar-refractivity contribution in [2.75, 3.05) is 84.8 Å². The van der Waals surface area contributed by atoms with Gasteiger partial charge in [-0.05, 0) is 81.8 Å². The number of carbonyl (C=O) groups excluding carboxylic acids is 6. The number of aliphatic hydroxyl groups is 1. The molecule has 2 aromatic rings. The Morgan fingerprint density at radius 2 is 1.49 bits per heavy atom. The number of esters is 1. The van der Waals surface area contributed by atoms with Gasteiger partial charge < -0.3 is 48.0 Å². The SMILES string of the molecule is COc1cc2cc(c1Cl)N(C)C(=O)C[C@H](OC(=O)[C@H](C)N(C)C(=O)CCSC1CC(=O)N(c3ccc(CCCCCCCCCCCCCCCCCCOP(=O)(O)OCC[N+](C)(C)C)cc3)C1=O)[C@]1(C)O[C@H]1[C@H](C)[C@@H]1C[C@@](O)(NC(=O)O1)[C@H](OC)/C=C/C=C(\C)C2. The highest BCUT2D eigenvalue weighted by Gasteiger charge is 2.64. The van der Waals surface area contributed by atoms with Crippen LogP contribution in [-0.4, -0.2) is 177 Å². The number of anilines is 2. The van der Waals surface area contributed by atoms with E-state index in [9.17, 15) is 43.3 Å². The zero-order valence-electron chi connectivity index (χ0n) is 56.3. The number of fused-ring (bicyclic) bond motifs is 5. The van der Waals surface area contributed by atoms with Gasteiger partial charge in [-0.1, -0.05) is 144 Å². The van der Waals surface area contributed by atoms with Gasteiger partial charge >= 0.3 is 19.9 Å². The van der Waals surface area contributed by atoms with Crippen molar-refractivity contribution in [2.24, 2.45) is 5.92 Å². The predicted molar refractivity (Wildman–Crippen MR) is 358 cm³/mol. The maximum Gasteiger partial charge on any atom is 0.472 e. The van der Waals surface area contributed by atoms with Gasteiger partial charge in [0.05, 0.1) is 64.0 Å². The second-order valence-electron chi connectivity index (χ2n) is 26.5. The predicted octanol–water partition coefficient (Wildman–Crippen LogP) is 11.6. The summed E-state index contributed by atoms with van der Waals surface area (Å²) in [5, 5.41) is 13.9. The van der Waals surface area contributed by atoms with Crippen LogP contribution in [0.25, 0.3) is 0 Å². The molecule has 6 rings (SSSR count). The highest BCUT2D eigenvalue weighted by atomic mass is 35.5. The summed E-state index contributed by atoms with van der Waals surface area (Å²) in [6.07, 6.45) is 20.1. The van der Waals surface area contributed by atoms with Crippen LogP contribution in [0.5, 0.6) is 5.75 Å². The first-order valence-corrected chi connectivity index (χ1v) is 35.9. The summed E-state index contributed by atoms with van der Waals surface area (Å²) in [4.78, 5) is 96.1. The lowest BCUT2D eigenvalue weighted by Gasteiger charge is -2.42. The number of allylic oxidation sites excluding steroid dienone is 3. The van der Waals surface area contributed by atoms with Crippen LogP contribution >= 0.6 is 31.2 Å². The fourth-order valence-electron chi connectivity index (χ4n) is 12.1. The van der Waals surface area contributed by atoms with E-state index in [1.165, 1.54) is 125 Å². The van der Waals surface area contributed by atoms with E-state index in [0.717, 1.165) is 55.2 Å². The van der Waals surface area contributed by atoms with Crippen molar-refractivity contribution in [1.29, 1.82) is 0 Å². The van der Waals surface area contributed by atoms with Gasteiger partial charge in [0.2, 0.25) is 23.6 Å². The van der Waals surface area contributed by atoms with Gasteiger partial charge in [-0.15, -0.1) is 11.8 Å². The average molecular weight is 1350 g/mol. The molecule has 4 aliphatic heterocycles. The molecule has 2 unspecified atom stereocenters. The third kappa shape index (κ3) is 22.6. The van der Waals surface area contributed by atoms with E-state index < -0.39 is 84.7 Å². The molecule has 4 aliphatic rings. The van der Waals surface area contributed by atoms with Crippen LogP contribution in [0.3, 0.4) is 0 Å². The van der Waals surface area contributed by atoms with Crippen molar-refractivity contribution in [2.45, 2.75) is 216 Å². The Hall–Kier alpha value is -4.87. The van der Waals surface area contributed by atoms with Gasteiger partial charge in [0.25, 0.3) is 0 Å². The number of rotatable bonds is 34. The van der Waals surface area contributed by atoms with Gasteiger partial charge in [-0.3, -0.25) is 33.5 Å². The number of hydrogen-bond donors (Lipinski definition) is 3. The minimum atomic E-state index is -3.97. The number of halogens is 1. The lowest BCUT2D eigenvalue weighted by Crippen LogP contribution is -2.63. The second-order valence-corrected chi connectivity index (χ2v) is 29.6. The van der Waals surface area contributed by atoms with E-state index in [2.05, 4.69) is 5.32 Å². The fourth-order valence-corrected chi connectivity index (χ4v) is 14.2. The Morgan fingerprint density at radius 1 is 0.891 bits per heavy atom. The summed E-state index contributed by atoms with van der Waals surface area (Å²) in [5.74, 6) is -2.39. The molecule has 21 nitrogen and oxygen atoms in total. The number of methoxy groups -OCH3 is 2. The van der Waals surface area contributed by atoms with Crippen molar-refractivity contribution in [3.8, 4) is 5.75 Å². The van der Waals surface area contributed by atoms with Crippen LogP contribution in [0.2, 0.25) is 5.02 Å². The number of epoxide rings is 1. The Balaban J connectivity index is 0.903. The van der Waals surface area contributed by atoms with Crippen molar-refractivity contribution in [3.05, 3.63) is 76.3 Å². The van der Waals surface area contributed by atoms with Crippen LogP contribution in [0.4, 0.5) is 16.2 Å². The Kier molecular flexibility index (Phi) is 29.6.